The van der Waals surface area contributed by atoms with Crippen molar-refractivity contribution < 1.29 is 55.4 Å². The van der Waals surface area contributed by atoms with E-state index in [1.54, 1.807) is 44.4 Å². The maximum Gasteiger partial charge on any atom is 0.573 e. The second-order valence-corrected chi connectivity index (χ2v) is 8.76. The van der Waals surface area contributed by atoms with Gasteiger partial charge in [-0.2, -0.15) is 18.4 Å². The number of benzene rings is 1. The van der Waals surface area contributed by atoms with Gasteiger partial charge in [-0.25, -0.2) is 14.5 Å². The minimum Gasteiger partial charge on any atom is -0.475 e. The summed E-state index contributed by atoms with van der Waals surface area (Å²) in [4.78, 5) is 53.5. The van der Waals surface area contributed by atoms with E-state index in [2.05, 4.69) is 20.4 Å². The first kappa shape index (κ1) is 33.3. The summed E-state index contributed by atoms with van der Waals surface area (Å²) >= 11 is 0. The number of urea groups is 1. The Morgan fingerprint density at radius 1 is 1.10 bits per heavy atom. The van der Waals surface area contributed by atoms with Crippen LogP contribution in [0.15, 0.2) is 42.7 Å². The zero-order chi connectivity index (χ0) is 31.9. The number of hydrogen-bond donors (Lipinski definition) is 3. The van der Waals surface area contributed by atoms with Crippen molar-refractivity contribution in [2.45, 2.75) is 38.5 Å². The fraction of sp³-hybridized carbons (Fsp3) is 0.333. The van der Waals surface area contributed by atoms with Gasteiger partial charge in [0.15, 0.2) is 5.75 Å². The number of aliphatic carboxylic acids is 1. The summed E-state index contributed by atoms with van der Waals surface area (Å²) in [7, 11) is 0. The molecule has 3 rings (SSSR count). The standard InChI is InChI=1S/C22H21F3N6O4.C2HF3O2/c1-21(2)19(33)31(20(34)30(21)13-14-5-8-27-9-6-14)15-3-4-17(35-22(23,24)25)16(11-15)29-18(32)12-28-10-7-26;3-2(4,5)1(6)7/h3-6,8-9,11,28H,10,12-13H2,1-2H3,(H,29,32);(H,6,7). The number of alkyl halides is 6. The number of aromatic nitrogens is 1. The molecule has 226 valence electrons. The van der Waals surface area contributed by atoms with E-state index in [9.17, 15) is 40.7 Å². The number of hydrogen-bond acceptors (Lipinski definition) is 8. The van der Waals surface area contributed by atoms with Gasteiger partial charge in [0.25, 0.3) is 5.91 Å². The highest BCUT2D eigenvalue weighted by atomic mass is 19.4. The summed E-state index contributed by atoms with van der Waals surface area (Å²) in [5, 5.41) is 20.4. The molecule has 0 spiro atoms. The summed E-state index contributed by atoms with van der Waals surface area (Å²) < 4.78 is 74.4. The van der Waals surface area contributed by atoms with Gasteiger partial charge in [-0.3, -0.25) is 19.9 Å². The van der Waals surface area contributed by atoms with Gasteiger partial charge in [-0.15, -0.1) is 13.2 Å². The van der Waals surface area contributed by atoms with Crippen LogP contribution in [0.4, 0.5) is 42.5 Å². The molecule has 1 aliphatic heterocycles. The number of ether oxygens (including phenoxy) is 1. The summed E-state index contributed by atoms with van der Waals surface area (Å²) in [6.45, 7) is 2.69. The second kappa shape index (κ2) is 13.2. The number of nitrogens with zero attached hydrogens (tertiary/aromatic N) is 4. The monoisotopic (exact) mass is 604 g/mol. The highest BCUT2D eigenvalue weighted by Crippen LogP contribution is 2.38. The van der Waals surface area contributed by atoms with Crippen LogP contribution >= 0.6 is 0 Å². The Hall–Kier alpha value is -4.92. The van der Waals surface area contributed by atoms with Gasteiger partial charge in [0, 0.05) is 18.9 Å². The summed E-state index contributed by atoms with van der Waals surface area (Å²) in [6, 6.07) is 7.52. The van der Waals surface area contributed by atoms with Gasteiger partial charge in [0.05, 0.1) is 30.5 Å². The van der Waals surface area contributed by atoms with Crippen LogP contribution in [0.1, 0.15) is 19.4 Å². The summed E-state index contributed by atoms with van der Waals surface area (Å²) in [6.07, 6.45) is -7.05. The van der Waals surface area contributed by atoms with Crippen LogP contribution in [-0.2, 0) is 20.9 Å². The SMILES string of the molecule is CC1(C)C(=O)N(c2ccc(OC(F)(F)F)c(NC(=O)CNCC#N)c2)C(=O)N1Cc1ccncc1.O=C(O)C(F)(F)F. The third kappa shape index (κ3) is 8.79. The first-order chi connectivity index (χ1) is 19.4. The molecule has 0 saturated carbocycles. The van der Waals surface area contributed by atoms with Crippen LogP contribution in [0.5, 0.6) is 5.75 Å². The quantitative estimate of drug-likeness (QED) is 0.177. The number of nitrogens with one attached hydrogen (secondary N) is 2. The molecule has 3 N–H and O–H groups in total. The number of carboxylic acids is 1. The van der Waals surface area contributed by atoms with Gasteiger partial charge >= 0.3 is 24.5 Å². The molecule has 2 heterocycles. The molecule has 0 unspecified atom stereocenters. The second-order valence-electron chi connectivity index (χ2n) is 8.76. The minimum absolute atomic E-state index is 0.0555. The fourth-order valence-corrected chi connectivity index (χ4v) is 3.39. The molecular formula is C24H22F6N6O6. The van der Waals surface area contributed by atoms with Crippen molar-refractivity contribution in [3.8, 4) is 11.8 Å². The Kier molecular flexibility index (Phi) is 10.4. The normalized spacial score (nSPS) is 14.5. The lowest BCUT2D eigenvalue weighted by molar-refractivity contribution is -0.274. The maximum atomic E-state index is 13.2. The molecule has 1 aromatic carbocycles. The van der Waals surface area contributed by atoms with Crippen molar-refractivity contribution in [2.24, 2.45) is 0 Å². The van der Waals surface area contributed by atoms with E-state index in [4.69, 9.17) is 15.2 Å². The first-order valence-electron chi connectivity index (χ1n) is 11.5. The van der Waals surface area contributed by atoms with E-state index in [1.807, 2.05) is 0 Å². The Labute approximate surface area is 233 Å². The van der Waals surface area contributed by atoms with Crippen LogP contribution < -0.4 is 20.3 Å². The summed E-state index contributed by atoms with van der Waals surface area (Å²) in [5.74, 6) is -4.86. The molecule has 42 heavy (non-hydrogen) atoms. The zero-order valence-electron chi connectivity index (χ0n) is 21.7. The molecule has 0 atom stereocenters. The van der Waals surface area contributed by atoms with Crippen LogP contribution in [0.3, 0.4) is 0 Å². The molecule has 0 aliphatic carbocycles. The molecule has 4 amide bonds. The van der Waals surface area contributed by atoms with Crippen molar-refractivity contribution in [3.05, 3.63) is 48.3 Å². The highest BCUT2D eigenvalue weighted by Gasteiger charge is 2.52. The predicted octanol–water partition coefficient (Wildman–Crippen LogP) is 3.41. The lowest BCUT2D eigenvalue weighted by Crippen LogP contribution is -2.43. The summed E-state index contributed by atoms with van der Waals surface area (Å²) in [5.41, 5.74) is -0.996. The number of carboxylic acid groups (broad SMARTS) is 1. The van der Waals surface area contributed by atoms with Gasteiger partial charge in [0.2, 0.25) is 5.91 Å². The molecule has 1 aliphatic rings. The Morgan fingerprint density at radius 2 is 1.69 bits per heavy atom. The number of nitriles is 1. The van der Waals surface area contributed by atoms with Crippen molar-refractivity contribution in [1.82, 2.24) is 15.2 Å². The van der Waals surface area contributed by atoms with E-state index >= 15 is 0 Å². The number of imide groups is 1. The molecule has 1 fully saturated rings. The van der Waals surface area contributed by atoms with E-state index in [0.29, 0.717) is 0 Å². The number of pyridine rings is 1. The third-order valence-corrected chi connectivity index (χ3v) is 5.37. The topological polar surface area (TPSA) is 165 Å². The van der Waals surface area contributed by atoms with Gasteiger partial charge in [-0.05, 0) is 49.7 Å². The van der Waals surface area contributed by atoms with E-state index in [0.717, 1.165) is 28.7 Å². The van der Waals surface area contributed by atoms with Crippen molar-refractivity contribution >= 4 is 35.2 Å². The predicted molar refractivity (Wildman–Crippen MR) is 131 cm³/mol. The molecular weight excluding hydrogens is 582 g/mol. The molecule has 1 aromatic heterocycles. The lowest BCUT2D eigenvalue weighted by atomic mass is 10.0. The number of amides is 4. The van der Waals surface area contributed by atoms with Crippen LogP contribution in [0, 0.1) is 11.3 Å². The van der Waals surface area contributed by atoms with Gasteiger partial charge in [0.1, 0.15) is 5.54 Å². The average Bonchev–Trinajstić information content (AvgIpc) is 3.04. The molecule has 2 aromatic rings. The van der Waals surface area contributed by atoms with Crippen molar-refractivity contribution in [1.29, 1.82) is 5.26 Å². The minimum atomic E-state index is -5.08. The number of anilines is 2. The molecule has 12 nitrogen and oxygen atoms in total. The van der Waals surface area contributed by atoms with Crippen LogP contribution in [-0.4, -0.2) is 70.0 Å². The molecule has 1 saturated heterocycles. The Balaban J connectivity index is 0.000000782. The maximum absolute atomic E-state index is 13.2. The van der Waals surface area contributed by atoms with Crippen molar-refractivity contribution in [2.75, 3.05) is 23.3 Å². The van der Waals surface area contributed by atoms with E-state index in [1.165, 1.54) is 4.90 Å². The smallest absolute Gasteiger partial charge is 0.475 e. The Bertz CT molecular complexity index is 1360. The third-order valence-electron chi connectivity index (χ3n) is 5.37. The molecule has 0 radical (unpaired) electrons. The van der Waals surface area contributed by atoms with Crippen LogP contribution in [0.2, 0.25) is 0 Å². The number of carbonyl (C=O) groups is 4. The van der Waals surface area contributed by atoms with Crippen LogP contribution in [0.25, 0.3) is 0 Å². The largest absolute Gasteiger partial charge is 0.573 e. The van der Waals surface area contributed by atoms with Crippen molar-refractivity contribution in [3.63, 3.8) is 0 Å². The molecule has 18 heteroatoms. The zero-order valence-corrected chi connectivity index (χ0v) is 21.7. The lowest BCUT2D eigenvalue weighted by Gasteiger charge is -2.27. The van der Waals surface area contributed by atoms with E-state index < -0.39 is 53.3 Å². The van der Waals surface area contributed by atoms with Gasteiger partial charge < -0.3 is 20.1 Å². The highest BCUT2D eigenvalue weighted by molar-refractivity contribution is 6.23. The van der Waals surface area contributed by atoms with Gasteiger partial charge in [-0.1, -0.05) is 0 Å². The van der Waals surface area contributed by atoms with E-state index in [-0.39, 0.29) is 25.3 Å². The fourth-order valence-electron chi connectivity index (χ4n) is 3.39. The number of carbonyl (C=O) groups excluding carboxylic acids is 3. The number of rotatable bonds is 8. The number of halogens is 6. The average molecular weight is 604 g/mol. The Morgan fingerprint density at radius 3 is 2.21 bits per heavy atom. The molecule has 0 bridgehead atoms. The first-order valence-corrected chi connectivity index (χ1v) is 11.5.